The lowest BCUT2D eigenvalue weighted by molar-refractivity contribution is 0.0691. The van der Waals surface area contributed by atoms with Crippen molar-refractivity contribution in [2.24, 2.45) is 5.14 Å². The maximum Gasteiger partial charge on any atom is 0.354 e. The second-order valence-corrected chi connectivity index (χ2v) is 7.20. The van der Waals surface area contributed by atoms with Crippen LogP contribution < -0.4 is 5.14 Å². The highest BCUT2D eigenvalue weighted by Crippen LogP contribution is 2.34. The van der Waals surface area contributed by atoms with E-state index in [-0.39, 0.29) is 10.6 Å². The number of aromatic nitrogens is 2. The molecule has 0 saturated carbocycles. The number of carboxylic acid groups (broad SMARTS) is 1. The zero-order valence-corrected chi connectivity index (χ0v) is 14.2. The van der Waals surface area contributed by atoms with Gasteiger partial charge in [-0.1, -0.05) is 35.9 Å². The average molecular weight is 378 g/mol. The smallest absolute Gasteiger partial charge is 0.354 e. The van der Waals surface area contributed by atoms with E-state index in [0.717, 1.165) is 0 Å². The van der Waals surface area contributed by atoms with E-state index >= 15 is 0 Å². The Morgan fingerprint density at radius 3 is 2.12 bits per heavy atom. The van der Waals surface area contributed by atoms with Crippen molar-refractivity contribution in [2.45, 2.75) is 4.90 Å². The minimum absolute atomic E-state index is 0.0433. The molecule has 128 valence electrons. The number of nitrogens with one attached hydrogen (secondary N) is 1. The van der Waals surface area contributed by atoms with E-state index < -0.39 is 16.0 Å². The van der Waals surface area contributed by atoms with E-state index in [1.807, 2.05) is 0 Å². The summed E-state index contributed by atoms with van der Waals surface area (Å²) < 4.78 is 22.7. The van der Waals surface area contributed by atoms with Crippen molar-refractivity contribution in [1.82, 2.24) is 10.2 Å². The fourth-order valence-corrected chi connectivity index (χ4v) is 3.05. The molecule has 1 aromatic heterocycles. The molecular formula is C16H12ClN3O4S. The SMILES string of the molecule is NS(=O)(=O)c1ccc(-c2n[nH]c(C(=O)O)c2-c2ccc(Cl)cc2)cc1. The molecule has 0 amide bonds. The number of rotatable bonds is 4. The maximum absolute atomic E-state index is 11.5. The van der Waals surface area contributed by atoms with Crippen molar-refractivity contribution in [3.05, 3.63) is 59.2 Å². The maximum atomic E-state index is 11.5. The number of carboxylic acids is 1. The van der Waals surface area contributed by atoms with Gasteiger partial charge in [-0.3, -0.25) is 5.10 Å². The number of aromatic carboxylic acids is 1. The van der Waals surface area contributed by atoms with Gasteiger partial charge < -0.3 is 5.11 Å². The molecule has 0 aliphatic heterocycles. The predicted octanol–water partition coefficient (Wildman–Crippen LogP) is 2.74. The van der Waals surface area contributed by atoms with Crippen LogP contribution in [0.5, 0.6) is 0 Å². The Balaban J connectivity index is 2.17. The highest BCUT2D eigenvalue weighted by Gasteiger charge is 2.21. The number of sulfonamides is 1. The lowest BCUT2D eigenvalue weighted by atomic mass is 9.99. The van der Waals surface area contributed by atoms with Gasteiger partial charge in [0, 0.05) is 16.1 Å². The molecule has 0 atom stereocenters. The van der Waals surface area contributed by atoms with Crippen LogP contribution in [-0.4, -0.2) is 29.7 Å². The first-order valence-corrected chi connectivity index (χ1v) is 8.90. The third kappa shape index (κ3) is 3.41. The van der Waals surface area contributed by atoms with Gasteiger partial charge in [0.25, 0.3) is 0 Å². The Morgan fingerprint density at radius 1 is 1.04 bits per heavy atom. The molecule has 2 aromatic carbocycles. The molecule has 7 nitrogen and oxygen atoms in total. The summed E-state index contributed by atoms with van der Waals surface area (Å²) in [5, 5.41) is 21.6. The number of nitrogens with zero attached hydrogens (tertiary/aromatic N) is 1. The lowest BCUT2D eigenvalue weighted by Crippen LogP contribution is -2.11. The summed E-state index contributed by atoms with van der Waals surface area (Å²) in [5.41, 5.74) is 1.84. The van der Waals surface area contributed by atoms with E-state index in [1.54, 1.807) is 24.3 Å². The predicted molar refractivity (Wildman–Crippen MR) is 92.8 cm³/mol. The summed E-state index contributed by atoms with van der Waals surface area (Å²) in [6.07, 6.45) is 0. The van der Waals surface area contributed by atoms with Crippen LogP contribution in [0.25, 0.3) is 22.4 Å². The number of nitrogens with two attached hydrogens (primary N) is 1. The Bertz CT molecular complexity index is 1040. The minimum atomic E-state index is -3.81. The molecule has 0 radical (unpaired) electrons. The summed E-state index contributed by atoms with van der Waals surface area (Å²) in [7, 11) is -3.81. The van der Waals surface area contributed by atoms with Gasteiger partial charge in [0.15, 0.2) is 5.69 Å². The van der Waals surface area contributed by atoms with Gasteiger partial charge in [-0.25, -0.2) is 18.4 Å². The molecule has 0 bridgehead atoms. The number of hydrogen-bond acceptors (Lipinski definition) is 4. The molecule has 4 N–H and O–H groups in total. The number of benzene rings is 2. The molecule has 0 aliphatic carbocycles. The Morgan fingerprint density at radius 2 is 1.60 bits per heavy atom. The molecule has 0 aliphatic rings. The fraction of sp³-hybridized carbons (Fsp3) is 0. The normalized spacial score (nSPS) is 11.4. The van der Waals surface area contributed by atoms with Crippen LogP contribution in [-0.2, 0) is 10.0 Å². The van der Waals surface area contributed by atoms with E-state index in [1.165, 1.54) is 24.3 Å². The van der Waals surface area contributed by atoms with Crippen LogP contribution in [0.3, 0.4) is 0 Å². The van der Waals surface area contributed by atoms with E-state index in [0.29, 0.717) is 27.4 Å². The summed E-state index contributed by atoms with van der Waals surface area (Å²) in [6, 6.07) is 12.4. The molecule has 0 unspecified atom stereocenters. The fourth-order valence-electron chi connectivity index (χ4n) is 2.41. The third-order valence-electron chi connectivity index (χ3n) is 3.57. The zero-order chi connectivity index (χ0) is 18.2. The van der Waals surface area contributed by atoms with Gasteiger partial charge in [0.2, 0.25) is 10.0 Å². The number of hydrogen-bond donors (Lipinski definition) is 3. The van der Waals surface area contributed by atoms with Crippen LogP contribution in [0.4, 0.5) is 0 Å². The number of primary sulfonamides is 1. The first-order valence-electron chi connectivity index (χ1n) is 6.98. The van der Waals surface area contributed by atoms with Crippen molar-refractivity contribution < 1.29 is 18.3 Å². The van der Waals surface area contributed by atoms with E-state index in [4.69, 9.17) is 16.7 Å². The van der Waals surface area contributed by atoms with Crippen LogP contribution >= 0.6 is 11.6 Å². The molecular weight excluding hydrogens is 366 g/mol. The number of halogens is 1. The summed E-state index contributed by atoms with van der Waals surface area (Å²) in [5.74, 6) is -1.16. The van der Waals surface area contributed by atoms with Gasteiger partial charge in [-0.2, -0.15) is 5.10 Å². The van der Waals surface area contributed by atoms with E-state index in [2.05, 4.69) is 10.2 Å². The monoisotopic (exact) mass is 377 g/mol. The lowest BCUT2D eigenvalue weighted by Gasteiger charge is -2.06. The second kappa shape index (κ2) is 6.32. The zero-order valence-electron chi connectivity index (χ0n) is 12.6. The van der Waals surface area contributed by atoms with Crippen molar-refractivity contribution in [3.8, 4) is 22.4 Å². The molecule has 0 fully saturated rings. The first-order chi connectivity index (χ1) is 11.8. The Kier molecular flexibility index (Phi) is 4.34. The van der Waals surface area contributed by atoms with Gasteiger partial charge >= 0.3 is 5.97 Å². The van der Waals surface area contributed by atoms with Gasteiger partial charge in [-0.15, -0.1) is 0 Å². The Labute approximate surface area is 148 Å². The second-order valence-electron chi connectivity index (χ2n) is 5.20. The summed E-state index contributed by atoms with van der Waals surface area (Å²) >= 11 is 5.88. The van der Waals surface area contributed by atoms with Crippen LogP contribution in [0.2, 0.25) is 5.02 Å². The largest absolute Gasteiger partial charge is 0.477 e. The van der Waals surface area contributed by atoms with Crippen molar-refractivity contribution in [1.29, 1.82) is 0 Å². The van der Waals surface area contributed by atoms with Gasteiger partial charge in [0.1, 0.15) is 5.69 Å². The van der Waals surface area contributed by atoms with Gasteiger partial charge in [0.05, 0.1) is 4.90 Å². The van der Waals surface area contributed by atoms with E-state index in [9.17, 15) is 18.3 Å². The number of H-pyrrole nitrogens is 1. The summed E-state index contributed by atoms with van der Waals surface area (Å²) in [6.45, 7) is 0. The number of carbonyl (C=O) groups is 1. The first kappa shape index (κ1) is 17.2. The average Bonchev–Trinajstić information content (AvgIpc) is 3.00. The molecule has 3 rings (SSSR count). The molecule has 0 spiro atoms. The quantitative estimate of drug-likeness (QED) is 0.644. The minimum Gasteiger partial charge on any atom is -0.477 e. The van der Waals surface area contributed by atoms with Crippen LogP contribution in [0.15, 0.2) is 53.4 Å². The molecule has 1 heterocycles. The van der Waals surface area contributed by atoms with Crippen LogP contribution in [0, 0.1) is 0 Å². The standard InChI is InChI=1S/C16H12ClN3O4S/c17-11-5-1-9(2-6-11)13-14(19-20-15(13)16(21)22)10-3-7-12(8-4-10)25(18,23)24/h1-8H,(H,19,20)(H,21,22)(H2,18,23,24). The molecule has 0 saturated heterocycles. The molecule has 3 aromatic rings. The highest BCUT2D eigenvalue weighted by molar-refractivity contribution is 7.89. The molecule has 25 heavy (non-hydrogen) atoms. The third-order valence-corrected chi connectivity index (χ3v) is 4.75. The number of aromatic amines is 1. The van der Waals surface area contributed by atoms with Crippen molar-refractivity contribution >= 4 is 27.6 Å². The van der Waals surface area contributed by atoms with Crippen LogP contribution in [0.1, 0.15) is 10.5 Å². The molecule has 9 heteroatoms. The topological polar surface area (TPSA) is 126 Å². The van der Waals surface area contributed by atoms with Gasteiger partial charge in [-0.05, 0) is 29.8 Å². The Hall–Kier alpha value is -2.68. The van der Waals surface area contributed by atoms with Crippen molar-refractivity contribution in [2.75, 3.05) is 0 Å². The summed E-state index contributed by atoms with van der Waals surface area (Å²) in [4.78, 5) is 11.5. The van der Waals surface area contributed by atoms with Crippen molar-refractivity contribution in [3.63, 3.8) is 0 Å². The highest BCUT2D eigenvalue weighted by atomic mass is 35.5.